The molecule has 1 saturated heterocycles. The molecule has 0 bridgehead atoms. The number of sulfonamides is 2. The topological polar surface area (TPSA) is 179 Å². The third-order valence-corrected chi connectivity index (χ3v) is 9.38. The lowest BCUT2D eigenvalue weighted by atomic mass is 10.2. The normalized spacial score (nSPS) is 27.0. The number of nitrogens with zero attached hydrogens (tertiary/aromatic N) is 2. The Labute approximate surface area is 155 Å². The monoisotopic (exact) mass is 478 g/mol. The molecule has 0 spiro atoms. The average molecular weight is 479 g/mol. The van der Waals surface area contributed by atoms with Crippen LogP contribution in [0, 0.1) is 0 Å². The summed E-state index contributed by atoms with van der Waals surface area (Å²) in [5.74, 6) is 0. The van der Waals surface area contributed by atoms with Gasteiger partial charge in [-0.1, -0.05) is 7.42 Å². The van der Waals surface area contributed by atoms with Crippen LogP contribution >= 0.6 is 0 Å². The summed E-state index contributed by atoms with van der Waals surface area (Å²) in [6.07, 6.45) is 2.58. The van der Waals surface area contributed by atoms with Crippen LogP contribution in [0.15, 0.2) is 0 Å². The highest BCUT2D eigenvalue weighted by atomic mass is 32.3. The molecule has 0 amide bonds. The van der Waals surface area contributed by atoms with Gasteiger partial charge < -0.3 is 0 Å². The van der Waals surface area contributed by atoms with E-state index in [1.54, 1.807) is 0 Å². The van der Waals surface area contributed by atoms with Crippen LogP contribution < -0.4 is 0 Å². The first-order chi connectivity index (χ1) is 11.3. The van der Waals surface area contributed by atoms with Crippen molar-refractivity contribution in [1.29, 1.82) is 0 Å². The van der Waals surface area contributed by atoms with Crippen LogP contribution in [0.5, 0.6) is 0 Å². The molecule has 1 aliphatic rings. The van der Waals surface area contributed by atoms with Gasteiger partial charge in [0.25, 0.3) is 20.2 Å². The maximum atomic E-state index is 12.5. The van der Waals surface area contributed by atoms with Gasteiger partial charge in [0.15, 0.2) is 0 Å². The van der Waals surface area contributed by atoms with E-state index in [-0.39, 0.29) is 7.42 Å². The quantitative estimate of drug-likeness (QED) is 0.321. The van der Waals surface area contributed by atoms with Gasteiger partial charge in [0.2, 0.25) is 31.2 Å². The summed E-state index contributed by atoms with van der Waals surface area (Å²) in [5.41, 5.74) is 0. The van der Waals surface area contributed by atoms with Gasteiger partial charge in [-0.05, 0) is 0 Å². The Hall–Kier alpha value is -0.210. The zero-order valence-electron chi connectivity index (χ0n) is 14.0. The molecule has 2 atom stereocenters. The van der Waals surface area contributed by atoms with Crippen LogP contribution in [-0.4, -0.2) is 95.6 Å². The van der Waals surface area contributed by atoms with Gasteiger partial charge in [-0.3, -0.25) is 8.37 Å². The van der Waals surface area contributed by atoms with Crippen molar-refractivity contribution in [2.45, 2.75) is 12.1 Å². The van der Waals surface area contributed by atoms with E-state index in [4.69, 9.17) is 0 Å². The maximum absolute atomic E-state index is 12.5. The summed E-state index contributed by atoms with van der Waals surface area (Å²) >= 11 is -2.81. The Balaban J connectivity index is 3.47. The molecule has 0 aromatic heterocycles. The Bertz CT molecular complexity index is 901. The molecule has 0 aromatic carbocycles. The largest absolute Gasteiger partial charge is 0.269 e. The zero-order chi connectivity index (χ0) is 20.7. The molecule has 0 radical (unpaired) electrons. The summed E-state index contributed by atoms with van der Waals surface area (Å²) < 4.78 is 115. The van der Waals surface area contributed by atoms with Gasteiger partial charge in [0, 0.05) is 0 Å². The second-order valence-corrected chi connectivity index (χ2v) is 14.1. The summed E-state index contributed by atoms with van der Waals surface area (Å²) in [5, 5.41) is 0. The van der Waals surface area contributed by atoms with Crippen molar-refractivity contribution in [3.8, 4) is 0 Å². The lowest BCUT2D eigenvalue weighted by Crippen LogP contribution is -2.46. The second kappa shape index (κ2) is 7.66. The standard InChI is InChI=1S/C8H18N2O11S5/c1-23(12,13)9-7(5-20-25(3,16)17)8(6-21-26(4,18)19)10(22(9)11)24(2,14)15/h7-8H,5-6H2,1-4H3. The van der Waals surface area contributed by atoms with Crippen molar-refractivity contribution < 1.29 is 46.2 Å². The van der Waals surface area contributed by atoms with E-state index in [9.17, 15) is 37.9 Å². The van der Waals surface area contributed by atoms with Crippen LogP contribution in [0.2, 0.25) is 0 Å². The van der Waals surface area contributed by atoms with Crippen LogP contribution in [-0.2, 0) is 59.8 Å². The number of hydrogen-bond donors (Lipinski definition) is 0. The van der Waals surface area contributed by atoms with Crippen LogP contribution in [0.25, 0.3) is 0 Å². The van der Waals surface area contributed by atoms with E-state index in [1.165, 1.54) is 0 Å². The Morgan fingerprint density at radius 3 is 1.15 bits per heavy atom. The highest BCUT2D eigenvalue weighted by Gasteiger charge is 2.55. The highest BCUT2D eigenvalue weighted by molar-refractivity contribution is 8.06. The molecule has 0 aromatic rings. The summed E-state index contributed by atoms with van der Waals surface area (Å²) in [6.45, 7) is -1.80. The van der Waals surface area contributed by atoms with Crippen molar-refractivity contribution in [2.75, 3.05) is 38.2 Å². The molecule has 1 fully saturated rings. The number of hydrogen-bond acceptors (Lipinski definition) is 11. The zero-order valence-corrected chi connectivity index (χ0v) is 18.1. The van der Waals surface area contributed by atoms with Crippen LogP contribution in [0.4, 0.5) is 0 Å². The minimum absolute atomic E-state index is 0.232. The molecule has 2 unspecified atom stereocenters. The van der Waals surface area contributed by atoms with Crippen molar-refractivity contribution in [2.24, 2.45) is 0 Å². The Morgan fingerprint density at radius 1 is 0.692 bits per heavy atom. The van der Waals surface area contributed by atoms with Gasteiger partial charge in [0.1, 0.15) is 0 Å². The minimum Gasteiger partial charge on any atom is -0.269 e. The molecule has 18 heteroatoms. The van der Waals surface area contributed by atoms with E-state index in [0.29, 0.717) is 25.0 Å². The summed E-state index contributed by atoms with van der Waals surface area (Å²) in [4.78, 5) is 0. The van der Waals surface area contributed by atoms with Gasteiger partial charge in [0.05, 0.1) is 50.3 Å². The first-order valence-electron chi connectivity index (χ1n) is 6.44. The molecular weight excluding hydrogens is 460 g/mol. The molecule has 156 valence electrons. The summed E-state index contributed by atoms with van der Waals surface area (Å²) in [6, 6.07) is -3.23. The lowest BCUT2D eigenvalue weighted by molar-refractivity contribution is 0.183. The van der Waals surface area contributed by atoms with Crippen LogP contribution in [0.1, 0.15) is 0 Å². The third kappa shape index (κ3) is 6.44. The minimum atomic E-state index is -4.30. The SMILES string of the molecule is CS(=O)(=O)OCC1C(COS(C)(=O)=O)N(S(C)(=O)=O)S(=O)N1S(C)(=O)=O. The van der Waals surface area contributed by atoms with E-state index >= 15 is 0 Å². The van der Waals surface area contributed by atoms with E-state index in [2.05, 4.69) is 8.37 Å². The molecular formula is C8H18N2O11S5. The predicted molar refractivity (Wildman–Crippen MR) is 90.7 cm³/mol. The Morgan fingerprint density at radius 2 is 0.962 bits per heavy atom. The molecule has 0 aliphatic carbocycles. The average Bonchev–Trinajstić information content (AvgIpc) is 2.63. The fraction of sp³-hybridized carbons (Fsp3) is 1.00. The molecule has 1 rings (SSSR count). The third-order valence-electron chi connectivity index (χ3n) is 2.85. The van der Waals surface area contributed by atoms with Gasteiger partial charge in [-0.25, -0.2) is 21.0 Å². The highest BCUT2D eigenvalue weighted by Crippen LogP contribution is 2.31. The molecule has 0 saturated carbocycles. The maximum Gasteiger partial charge on any atom is 0.264 e. The van der Waals surface area contributed by atoms with Crippen molar-refractivity contribution in [1.82, 2.24) is 7.42 Å². The molecule has 26 heavy (non-hydrogen) atoms. The molecule has 0 N–H and O–H groups in total. The smallest absolute Gasteiger partial charge is 0.264 e. The number of rotatable bonds is 8. The van der Waals surface area contributed by atoms with Gasteiger partial charge >= 0.3 is 0 Å². The van der Waals surface area contributed by atoms with Crippen molar-refractivity contribution >= 4 is 51.5 Å². The lowest BCUT2D eigenvalue weighted by Gasteiger charge is -2.23. The van der Waals surface area contributed by atoms with Crippen molar-refractivity contribution in [3.63, 3.8) is 0 Å². The first-order valence-corrected chi connectivity index (χ1v) is 14.8. The molecule has 13 nitrogen and oxygen atoms in total. The first kappa shape index (κ1) is 23.8. The summed E-state index contributed by atoms with van der Waals surface area (Å²) in [7, 11) is -16.7. The second-order valence-electron chi connectivity index (χ2n) is 5.38. The van der Waals surface area contributed by atoms with E-state index in [1.807, 2.05) is 0 Å². The molecule has 1 heterocycles. The van der Waals surface area contributed by atoms with E-state index < -0.39 is 76.8 Å². The van der Waals surface area contributed by atoms with E-state index in [0.717, 1.165) is 0 Å². The van der Waals surface area contributed by atoms with Crippen molar-refractivity contribution in [3.05, 3.63) is 0 Å². The fourth-order valence-electron chi connectivity index (χ4n) is 2.05. The fourth-order valence-corrected chi connectivity index (χ4v) is 7.64. The predicted octanol–water partition coefficient (Wildman–Crippen LogP) is -3.21. The Kier molecular flexibility index (Phi) is 7.02. The van der Waals surface area contributed by atoms with Gasteiger partial charge in [-0.2, -0.15) is 16.8 Å². The molecule has 1 aliphatic heterocycles. The van der Waals surface area contributed by atoms with Crippen LogP contribution in [0.3, 0.4) is 0 Å². The van der Waals surface area contributed by atoms with Gasteiger partial charge in [-0.15, -0.1) is 0 Å².